The smallest absolute Gasteiger partial charge is 0.214 e. The van der Waals surface area contributed by atoms with Crippen LogP contribution < -0.4 is 5.32 Å². The van der Waals surface area contributed by atoms with E-state index in [9.17, 15) is 0 Å². The minimum Gasteiger partial charge on any atom is -0.308 e. The monoisotopic (exact) mass is 294 g/mol. The summed E-state index contributed by atoms with van der Waals surface area (Å²) in [7, 11) is 1.95. The molecule has 20 heavy (non-hydrogen) atoms. The van der Waals surface area contributed by atoms with Crippen LogP contribution in [-0.2, 0) is 13.6 Å². The van der Waals surface area contributed by atoms with Gasteiger partial charge < -0.3 is 5.32 Å². The molecule has 2 N–H and O–H groups in total. The third-order valence-electron chi connectivity index (χ3n) is 2.85. The summed E-state index contributed by atoms with van der Waals surface area (Å²) in [5.74, 6) is 0.820. The summed E-state index contributed by atoms with van der Waals surface area (Å²) in [6, 6.07) is 0. The molecule has 0 radical (unpaired) electrons. The second kappa shape index (κ2) is 5.57. The number of nitrogens with one attached hydrogen (secondary N) is 2. The van der Waals surface area contributed by atoms with Crippen molar-refractivity contribution in [2.75, 3.05) is 0 Å². The topological polar surface area (TPSA) is 71.4 Å². The second-order valence-corrected chi connectivity index (χ2v) is 6.86. The first-order valence-corrected chi connectivity index (χ1v) is 7.42. The van der Waals surface area contributed by atoms with Crippen LogP contribution in [0.3, 0.4) is 0 Å². The molecule has 0 amide bonds. The maximum atomic E-state index is 4.50. The van der Waals surface area contributed by atoms with Gasteiger partial charge in [0.25, 0.3) is 0 Å². The van der Waals surface area contributed by atoms with Crippen molar-refractivity contribution in [1.82, 2.24) is 30.3 Å². The zero-order valence-electron chi connectivity index (χ0n) is 12.9. The van der Waals surface area contributed by atoms with Crippen molar-refractivity contribution in [3.05, 3.63) is 17.1 Å². The molecular formula is C13H22N6S. The molecule has 0 aliphatic carbocycles. The molecule has 0 saturated carbocycles. The van der Waals surface area contributed by atoms with Crippen LogP contribution in [0.5, 0.6) is 0 Å². The lowest BCUT2D eigenvalue weighted by Crippen LogP contribution is -2.35. The molecule has 2 rings (SSSR count). The average Bonchev–Trinajstić information content (AvgIpc) is 2.82. The molecule has 110 valence electrons. The molecule has 0 spiro atoms. The summed E-state index contributed by atoms with van der Waals surface area (Å²) in [4.78, 5) is 4.34. The molecule has 0 aromatic carbocycles. The molecule has 0 aliphatic rings. The summed E-state index contributed by atoms with van der Waals surface area (Å²) in [6.07, 6.45) is 0. The van der Waals surface area contributed by atoms with E-state index in [1.54, 1.807) is 11.8 Å². The van der Waals surface area contributed by atoms with E-state index in [-0.39, 0.29) is 5.54 Å². The first kappa shape index (κ1) is 15.1. The Morgan fingerprint density at radius 1 is 1.30 bits per heavy atom. The highest BCUT2D eigenvalue weighted by molar-refractivity contribution is 7.99. The van der Waals surface area contributed by atoms with E-state index in [1.807, 2.05) is 25.6 Å². The second-order valence-electron chi connectivity index (χ2n) is 5.90. The zero-order chi connectivity index (χ0) is 14.9. The van der Waals surface area contributed by atoms with Gasteiger partial charge in [-0.2, -0.15) is 5.10 Å². The van der Waals surface area contributed by atoms with Gasteiger partial charge >= 0.3 is 0 Å². The van der Waals surface area contributed by atoms with Gasteiger partial charge in [0.05, 0.1) is 5.69 Å². The van der Waals surface area contributed by atoms with Gasteiger partial charge in [0.15, 0.2) is 0 Å². The Kier molecular flexibility index (Phi) is 4.19. The molecule has 0 aliphatic heterocycles. The highest BCUT2D eigenvalue weighted by atomic mass is 32.2. The molecule has 7 heteroatoms. The van der Waals surface area contributed by atoms with E-state index < -0.39 is 0 Å². The maximum Gasteiger partial charge on any atom is 0.214 e. The molecule has 0 fully saturated rings. The average molecular weight is 294 g/mol. The van der Waals surface area contributed by atoms with Crippen LogP contribution >= 0.6 is 11.8 Å². The zero-order valence-corrected chi connectivity index (χ0v) is 13.7. The van der Waals surface area contributed by atoms with Gasteiger partial charge in [0, 0.05) is 24.7 Å². The Morgan fingerprint density at radius 3 is 2.55 bits per heavy atom. The Bertz CT molecular complexity index is 593. The number of hydrogen-bond donors (Lipinski definition) is 2. The summed E-state index contributed by atoms with van der Waals surface area (Å²) in [5.41, 5.74) is 2.32. The fourth-order valence-electron chi connectivity index (χ4n) is 1.82. The van der Waals surface area contributed by atoms with Gasteiger partial charge in [-0.05, 0) is 46.4 Å². The van der Waals surface area contributed by atoms with Gasteiger partial charge in [-0.15, -0.1) is 5.10 Å². The summed E-state index contributed by atoms with van der Waals surface area (Å²) >= 11 is 1.54. The van der Waals surface area contributed by atoms with Crippen molar-refractivity contribution in [3.8, 4) is 0 Å². The fraction of sp³-hybridized carbons (Fsp3) is 0.615. The molecule has 0 atom stereocenters. The molecule has 0 saturated heterocycles. The summed E-state index contributed by atoms with van der Waals surface area (Å²) < 4.78 is 1.89. The molecule has 0 unspecified atom stereocenters. The van der Waals surface area contributed by atoms with Gasteiger partial charge in [0.1, 0.15) is 10.9 Å². The van der Waals surface area contributed by atoms with E-state index in [2.05, 4.69) is 46.4 Å². The third kappa shape index (κ3) is 3.61. The lowest BCUT2D eigenvalue weighted by atomic mass is 10.1. The molecule has 0 bridgehead atoms. The number of aromatic nitrogens is 5. The summed E-state index contributed by atoms with van der Waals surface area (Å²) in [5, 5.41) is 16.9. The SMILES string of the molecule is Cc1nc(Sc2c(CNC(C)(C)C)c(C)nn2C)n[nH]1. The normalized spacial score (nSPS) is 12.1. The molecule has 2 aromatic heterocycles. The van der Waals surface area contributed by atoms with Crippen molar-refractivity contribution in [3.63, 3.8) is 0 Å². The number of aryl methyl sites for hydroxylation is 3. The minimum absolute atomic E-state index is 0.0748. The van der Waals surface area contributed by atoms with Crippen LogP contribution in [0.1, 0.15) is 37.9 Å². The van der Waals surface area contributed by atoms with Crippen LogP contribution in [0.2, 0.25) is 0 Å². The van der Waals surface area contributed by atoms with E-state index in [0.717, 1.165) is 28.2 Å². The largest absolute Gasteiger partial charge is 0.308 e. The first-order chi connectivity index (χ1) is 9.26. The van der Waals surface area contributed by atoms with Gasteiger partial charge in [-0.3, -0.25) is 9.78 Å². The van der Waals surface area contributed by atoms with Crippen LogP contribution in [0.4, 0.5) is 0 Å². The van der Waals surface area contributed by atoms with Gasteiger partial charge in [0.2, 0.25) is 5.16 Å². The summed E-state index contributed by atoms with van der Waals surface area (Å²) in [6.45, 7) is 11.2. The first-order valence-electron chi connectivity index (χ1n) is 6.60. The van der Waals surface area contributed by atoms with Crippen molar-refractivity contribution in [1.29, 1.82) is 0 Å². The van der Waals surface area contributed by atoms with Crippen molar-refractivity contribution in [2.24, 2.45) is 7.05 Å². The Balaban J connectivity index is 2.23. The molecule has 2 aromatic rings. The quantitative estimate of drug-likeness (QED) is 0.904. The third-order valence-corrected chi connectivity index (χ3v) is 3.92. The van der Waals surface area contributed by atoms with Gasteiger partial charge in [-0.1, -0.05) is 0 Å². The highest BCUT2D eigenvalue weighted by Gasteiger charge is 2.18. The van der Waals surface area contributed by atoms with Crippen molar-refractivity contribution < 1.29 is 0 Å². The maximum absolute atomic E-state index is 4.50. The van der Waals surface area contributed by atoms with E-state index in [4.69, 9.17) is 0 Å². The minimum atomic E-state index is 0.0748. The number of rotatable bonds is 4. The number of nitrogens with zero attached hydrogens (tertiary/aromatic N) is 4. The Hall–Kier alpha value is -1.34. The van der Waals surface area contributed by atoms with E-state index >= 15 is 0 Å². The predicted octanol–water partition coefficient (Wildman–Crippen LogP) is 2.19. The number of aromatic amines is 1. The van der Waals surface area contributed by atoms with Crippen molar-refractivity contribution in [2.45, 2.75) is 56.9 Å². The standard InChI is InChI=1S/C13H22N6S/c1-8-10(7-14-13(3,4)5)11(19(6)18-8)20-12-15-9(2)16-17-12/h14H,7H2,1-6H3,(H,15,16,17). The van der Waals surface area contributed by atoms with E-state index in [1.165, 1.54) is 5.56 Å². The van der Waals surface area contributed by atoms with Gasteiger partial charge in [-0.25, -0.2) is 4.98 Å². The predicted molar refractivity (Wildman–Crippen MR) is 79.8 cm³/mol. The van der Waals surface area contributed by atoms with Crippen LogP contribution in [0.15, 0.2) is 10.2 Å². The fourth-order valence-corrected chi connectivity index (χ4v) is 2.78. The van der Waals surface area contributed by atoms with Crippen LogP contribution in [0.25, 0.3) is 0 Å². The highest BCUT2D eigenvalue weighted by Crippen LogP contribution is 2.29. The van der Waals surface area contributed by atoms with Crippen molar-refractivity contribution >= 4 is 11.8 Å². The lowest BCUT2D eigenvalue weighted by Gasteiger charge is -2.20. The Morgan fingerprint density at radius 2 is 2.00 bits per heavy atom. The Labute approximate surface area is 123 Å². The van der Waals surface area contributed by atoms with Crippen LogP contribution in [-0.4, -0.2) is 30.5 Å². The molecular weight excluding hydrogens is 272 g/mol. The van der Waals surface area contributed by atoms with E-state index in [0.29, 0.717) is 0 Å². The van der Waals surface area contributed by atoms with Crippen LogP contribution in [0, 0.1) is 13.8 Å². The number of H-pyrrole nitrogens is 1. The lowest BCUT2D eigenvalue weighted by molar-refractivity contribution is 0.421. The molecule has 6 nitrogen and oxygen atoms in total. The molecule has 2 heterocycles. The number of hydrogen-bond acceptors (Lipinski definition) is 5.